The van der Waals surface area contributed by atoms with Gasteiger partial charge in [-0.2, -0.15) is 0 Å². The lowest BCUT2D eigenvalue weighted by Gasteiger charge is -2.17. The van der Waals surface area contributed by atoms with Crippen LogP contribution in [0.4, 0.5) is 8.78 Å². The molecule has 0 aliphatic carbocycles. The van der Waals surface area contributed by atoms with Gasteiger partial charge in [0, 0.05) is 10.5 Å². The minimum Gasteiger partial charge on any atom is -0.271 e. The third-order valence-electron chi connectivity index (χ3n) is 3.26. The zero-order valence-electron chi connectivity index (χ0n) is 11.8. The Balaban J connectivity index is 2.19. The van der Waals surface area contributed by atoms with Crippen molar-refractivity contribution < 1.29 is 8.78 Å². The molecule has 5 heteroatoms. The number of hydrazine groups is 1. The molecule has 1 unspecified atom stereocenters. The summed E-state index contributed by atoms with van der Waals surface area (Å²) >= 11 is 1.74. The second kappa shape index (κ2) is 7.54. The average Bonchev–Trinajstić information content (AvgIpc) is 2.49. The normalized spacial score (nSPS) is 12.4. The van der Waals surface area contributed by atoms with Crippen LogP contribution in [0.15, 0.2) is 47.4 Å². The molecule has 2 nitrogen and oxygen atoms in total. The molecule has 0 fully saturated rings. The monoisotopic (exact) mass is 308 g/mol. The van der Waals surface area contributed by atoms with Crippen LogP contribution in [-0.2, 0) is 6.42 Å². The van der Waals surface area contributed by atoms with Gasteiger partial charge in [-0.15, -0.1) is 11.8 Å². The Morgan fingerprint density at radius 1 is 1.10 bits per heavy atom. The minimum atomic E-state index is -0.548. The highest BCUT2D eigenvalue weighted by Crippen LogP contribution is 2.24. The quantitative estimate of drug-likeness (QED) is 0.484. The van der Waals surface area contributed by atoms with Crippen LogP contribution in [0.25, 0.3) is 0 Å². The van der Waals surface area contributed by atoms with Gasteiger partial charge in [-0.05, 0) is 42.0 Å². The Bertz CT molecular complexity index is 567. The second-order valence-corrected chi connectivity index (χ2v) is 5.96. The number of nitrogens with two attached hydrogens (primary N) is 1. The maximum atomic E-state index is 13.7. The molecule has 0 amide bonds. The fraction of sp³-hybridized carbons (Fsp3) is 0.250. The van der Waals surface area contributed by atoms with Crippen LogP contribution in [0.2, 0.25) is 0 Å². The van der Waals surface area contributed by atoms with E-state index in [2.05, 4.69) is 12.3 Å². The van der Waals surface area contributed by atoms with E-state index < -0.39 is 11.6 Å². The third kappa shape index (κ3) is 4.03. The topological polar surface area (TPSA) is 38.0 Å². The summed E-state index contributed by atoms with van der Waals surface area (Å²) in [5.41, 5.74) is 3.58. The number of hydrogen-bond donors (Lipinski definition) is 2. The van der Waals surface area contributed by atoms with Gasteiger partial charge in [0.05, 0.1) is 6.04 Å². The first-order chi connectivity index (χ1) is 10.2. The Morgan fingerprint density at radius 3 is 2.24 bits per heavy atom. The smallest absolute Gasteiger partial charge is 0.129 e. The van der Waals surface area contributed by atoms with Crippen molar-refractivity contribution in [3.63, 3.8) is 0 Å². The maximum Gasteiger partial charge on any atom is 0.129 e. The van der Waals surface area contributed by atoms with Crippen molar-refractivity contribution >= 4 is 11.8 Å². The van der Waals surface area contributed by atoms with Crippen molar-refractivity contribution in [1.82, 2.24) is 5.43 Å². The van der Waals surface area contributed by atoms with Gasteiger partial charge in [-0.1, -0.05) is 25.1 Å². The van der Waals surface area contributed by atoms with Gasteiger partial charge in [-0.25, -0.2) is 8.78 Å². The van der Waals surface area contributed by atoms with Crippen molar-refractivity contribution in [1.29, 1.82) is 0 Å². The summed E-state index contributed by atoms with van der Waals surface area (Å²) in [6, 6.07) is 11.4. The first-order valence-electron chi connectivity index (χ1n) is 6.77. The molecule has 0 saturated heterocycles. The standard InChI is InChI=1S/C16H18F2N2S/c1-2-21-12-8-6-11(7-9-12)16(20-19)10-13-14(17)4-3-5-15(13)18/h3-9,16,20H,2,10,19H2,1H3. The first kappa shape index (κ1) is 15.9. The molecule has 21 heavy (non-hydrogen) atoms. The van der Waals surface area contributed by atoms with E-state index in [1.807, 2.05) is 24.3 Å². The molecule has 3 N–H and O–H groups in total. The highest BCUT2D eigenvalue weighted by molar-refractivity contribution is 7.99. The Morgan fingerprint density at radius 2 is 1.71 bits per heavy atom. The highest BCUT2D eigenvalue weighted by atomic mass is 32.2. The molecule has 2 aromatic rings. The predicted octanol–water partition coefficient (Wildman–Crippen LogP) is 3.82. The lowest BCUT2D eigenvalue weighted by Crippen LogP contribution is -2.30. The van der Waals surface area contributed by atoms with Gasteiger partial charge in [-0.3, -0.25) is 11.3 Å². The number of benzene rings is 2. The molecular weight excluding hydrogens is 290 g/mol. The molecule has 0 saturated carbocycles. The van der Waals surface area contributed by atoms with Crippen molar-refractivity contribution in [3.8, 4) is 0 Å². The van der Waals surface area contributed by atoms with Gasteiger partial charge in [0.1, 0.15) is 11.6 Å². The van der Waals surface area contributed by atoms with Gasteiger partial charge in [0.15, 0.2) is 0 Å². The highest BCUT2D eigenvalue weighted by Gasteiger charge is 2.16. The lowest BCUT2D eigenvalue weighted by atomic mass is 9.99. The Labute approximate surface area is 127 Å². The van der Waals surface area contributed by atoms with Gasteiger partial charge in [0.2, 0.25) is 0 Å². The van der Waals surface area contributed by atoms with Crippen LogP contribution in [0.3, 0.4) is 0 Å². The first-order valence-corrected chi connectivity index (χ1v) is 7.76. The van der Waals surface area contributed by atoms with Crippen LogP contribution in [0, 0.1) is 11.6 Å². The third-order valence-corrected chi connectivity index (χ3v) is 4.16. The molecule has 112 valence electrons. The molecule has 2 rings (SSSR count). The Hall–Kier alpha value is -1.43. The largest absolute Gasteiger partial charge is 0.271 e. The van der Waals surface area contributed by atoms with Crippen LogP contribution in [0.1, 0.15) is 24.1 Å². The van der Waals surface area contributed by atoms with E-state index in [1.165, 1.54) is 18.2 Å². The molecule has 0 spiro atoms. The summed E-state index contributed by atoms with van der Waals surface area (Å²) in [7, 11) is 0. The maximum absolute atomic E-state index is 13.7. The van der Waals surface area contributed by atoms with E-state index in [9.17, 15) is 8.78 Å². The van der Waals surface area contributed by atoms with Gasteiger partial charge < -0.3 is 0 Å². The van der Waals surface area contributed by atoms with Gasteiger partial charge in [0.25, 0.3) is 0 Å². The molecule has 0 heterocycles. The average molecular weight is 308 g/mol. The van der Waals surface area contributed by atoms with Crippen LogP contribution >= 0.6 is 11.8 Å². The summed E-state index contributed by atoms with van der Waals surface area (Å²) in [6.07, 6.45) is 0.162. The molecule has 0 aromatic heterocycles. The summed E-state index contributed by atoms with van der Waals surface area (Å²) in [5.74, 6) is 5.45. The van der Waals surface area contributed by atoms with Crippen molar-refractivity contribution in [3.05, 3.63) is 65.2 Å². The van der Waals surface area contributed by atoms with Crippen molar-refractivity contribution in [2.24, 2.45) is 5.84 Å². The molecular formula is C16H18F2N2S. The fourth-order valence-corrected chi connectivity index (χ4v) is 2.83. The number of nitrogens with one attached hydrogen (secondary N) is 1. The van der Waals surface area contributed by atoms with Crippen LogP contribution in [0.5, 0.6) is 0 Å². The van der Waals surface area contributed by atoms with E-state index in [0.717, 1.165) is 16.2 Å². The number of thioether (sulfide) groups is 1. The van der Waals surface area contributed by atoms with Crippen molar-refractivity contribution in [2.75, 3.05) is 5.75 Å². The number of hydrogen-bond acceptors (Lipinski definition) is 3. The molecule has 2 aromatic carbocycles. The van der Waals surface area contributed by atoms with Crippen LogP contribution < -0.4 is 11.3 Å². The lowest BCUT2D eigenvalue weighted by molar-refractivity contribution is 0.500. The SMILES string of the molecule is CCSc1ccc(C(Cc2c(F)cccc2F)NN)cc1. The zero-order valence-corrected chi connectivity index (χ0v) is 12.6. The number of rotatable bonds is 6. The summed E-state index contributed by atoms with van der Waals surface area (Å²) in [6.45, 7) is 2.09. The van der Waals surface area contributed by atoms with Crippen molar-refractivity contribution in [2.45, 2.75) is 24.3 Å². The van der Waals surface area contributed by atoms with Gasteiger partial charge >= 0.3 is 0 Å². The minimum absolute atomic E-state index is 0.0486. The van der Waals surface area contributed by atoms with E-state index in [1.54, 1.807) is 11.8 Å². The summed E-state index contributed by atoms with van der Waals surface area (Å²) < 4.78 is 27.4. The summed E-state index contributed by atoms with van der Waals surface area (Å²) in [4.78, 5) is 1.16. The van der Waals surface area contributed by atoms with E-state index in [0.29, 0.717) is 0 Å². The fourth-order valence-electron chi connectivity index (χ4n) is 2.17. The molecule has 0 aliphatic rings. The molecule has 0 radical (unpaired) electrons. The Kier molecular flexibility index (Phi) is 5.73. The molecule has 0 bridgehead atoms. The number of halogens is 2. The van der Waals surface area contributed by atoms with E-state index in [-0.39, 0.29) is 18.0 Å². The van der Waals surface area contributed by atoms with Crippen LogP contribution in [-0.4, -0.2) is 5.75 Å². The second-order valence-electron chi connectivity index (χ2n) is 4.63. The van der Waals surface area contributed by atoms with E-state index >= 15 is 0 Å². The van der Waals surface area contributed by atoms with E-state index in [4.69, 9.17) is 5.84 Å². The summed E-state index contributed by atoms with van der Waals surface area (Å²) in [5, 5.41) is 0. The predicted molar refractivity (Wildman–Crippen MR) is 83.0 cm³/mol. The molecule has 1 atom stereocenters. The zero-order chi connectivity index (χ0) is 15.2. The molecule has 0 aliphatic heterocycles.